The van der Waals surface area contributed by atoms with Crippen LogP contribution in [0.4, 0.5) is 16.8 Å². The van der Waals surface area contributed by atoms with Crippen molar-refractivity contribution in [3.63, 3.8) is 0 Å². The van der Waals surface area contributed by atoms with Crippen molar-refractivity contribution in [1.82, 2.24) is 24.8 Å². The number of anilines is 3. The largest absolute Gasteiger partial charge is 0.365 e. The van der Waals surface area contributed by atoms with Crippen LogP contribution in [0.2, 0.25) is 5.02 Å². The van der Waals surface area contributed by atoms with Crippen molar-refractivity contribution in [2.45, 2.75) is 6.92 Å². The van der Waals surface area contributed by atoms with Gasteiger partial charge in [-0.05, 0) is 32.2 Å². The van der Waals surface area contributed by atoms with Crippen LogP contribution >= 0.6 is 22.9 Å². The van der Waals surface area contributed by atoms with Crippen LogP contribution in [0, 0.1) is 18.3 Å². The molecule has 0 unspecified atom stereocenters. The molecule has 3 heterocycles. The van der Waals surface area contributed by atoms with Crippen molar-refractivity contribution >= 4 is 45.6 Å². The molecule has 1 fully saturated rings. The Labute approximate surface area is 201 Å². The Morgan fingerprint density at radius 3 is 2.67 bits per heavy atom. The monoisotopic (exact) mass is 482 g/mol. The van der Waals surface area contributed by atoms with E-state index < -0.39 is 0 Å². The molecular formula is C22H23ClN8OS. The molecule has 1 saturated heterocycles. The Bertz CT molecular complexity index is 1230. The Kier molecular flexibility index (Phi) is 6.74. The molecular weight excluding hydrogens is 460 g/mol. The number of thiazole rings is 1. The zero-order chi connectivity index (χ0) is 23.5. The van der Waals surface area contributed by atoms with Gasteiger partial charge in [0, 0.05) is 38.8 Å². The van der Waals surface area contributed by atoms with E-state index in [0.29, 0.717) is 40.6 Å². The van der Waals surface area contributed by atoms with Gasteiger partial charge in [0.15, 0.2) is 5.13 Å². The number of hydrogen-bond acceptors (Lipinski definition) is 9. The highest BCUT2D eigenvalue weighted by molar-refractivity contribution is 7.19. The third kappa shape index (κ3) is 4.90. The molecule has 1 amide bonds. The van der Waals surface area contributed by atoms with Crippen LogP contribution < -0.4 is 10.6 Å². The smallest absolute Gasteiger partial charge is 0.254 e. The third-order valence-electron chi connectivity index (χ3n) is 5.39. The molecule has 1 aromatic carbocycles. The maximum atomic E-state index is 13.0. The number of likely N-dealkylation sites (N-methyl/N-ethyl adjacent to an activating group) is 1. The number of nitrogens with one attached hydrogen (secondary N) is 2. The van der Waals surface area contributed by atoms with Crippen molar-refractivity contribution in [2.24, 2.45) is 0 Å². The normalized spacial score (nSPS) is 14.1. The Hall–Kier alpha value is -3.26. The summed E-state index contributed by atoms with van der Waals surface area (Å²) >= 11 is 7.81. The van der Waals surface area contributed by atoms with Gasteiger partial charge in [0.25, 0.3) is 5.91 Å². The average Bonchev–Trinajstić information content (AvgIpc) is 3.21. The number of piperazine rings is 1. The molecule has 0 radical (unpaired) electrons. The molecule has 1 aliphatic rings. The van der Waals surface area contributed by atoms with Crippen molar-refractivity contribution in [1.29, 1.82) is 5.26 Å². The number of nitriles is 1. The second-order valence-corrected chi connectivity index (χ2v) is 9.07. The van der Waals surface area contributed by atoms with Crippen LogP contribution in [0.5, 0.6) is 0 Å². The number of halogens is 1. The van der Waals surface area contributed by atoms with Gasteiger partial charge in [-0.25, -0.2) is 15.0 Å². The Balaban J connectivity index is 1.62. The fourth-order valence-corrected chi connectivity index (χ4v) is 4.58. The fraction of sp³-hybridized carbons (Fsp3) is 0.318. The molecule has 0 bridgehead atoms. The summed E-state index contributed by atoms with van der Waals surface area (Å²) in [6, 6.07) is 7.26. The molecule has 33 heavy (non-hydrogen) atoms. The first-order valence-corrected chi connectivity index (χ1v) is 11.6. The number of nitrogens with zero attached hydrogens (tertiary/aromatic N) is 6. The number of amides is 1. The molecule has 9 nitrogen and oxygen atoms in total. The maximum absolute atomic E-state index is 13.0. The predicted octanol–water partition coefficient (Wildman–Crippen LogP) is 3.61. The molecule has 11 heteroatoms. The van der Waals surface area contributed by atoms with E-state index in [9.17, 15) is 10.1 Å². The second kappa shape index (κ2) is 9.70. The van der Waals surface area contributed by atoms with E-state index in [4.69, 9.17) is 11.6 Å². The van der Waals surface area contributed by atoms with Gasteiger partial charge in [-0.1, -0.05) is 22.9 Å². The van der Waals surface area contributed by atoms with E-state index in [2.05, 4.69) is 36.6 Å². The Morgan fingerprint density at radius 2 is 2.00 bits per heavy atom. The van der Waals surface area contributed by atoms with E-state index in [1.807, 2.05) is 18.9 Å². The quantitative estimate of drug-likeness (QED) is 0.567. The minimum absolute atomic E-state index is 0.0378. The van der Waals surface area contributed by atoms with Crippen LogP contribution in [0.15, 0.2) is 24.4 Å². The van der Waals surface area contributed by atoms with E-state index in [-0.39, 0.29) is 11.9 Å². The van der Waals surface area contributed by atoms with Gasteiger partial charge in [0.05, 0.1) is 33.0 Å². The van der Waals surface area contributed by atoms with Crippen LogP contribution in [0.3, 0.4) is 0 Å². The zero-order valence-corrected chi connectivity index (χ0v) is 20.1. The molecule has 3 aromatic rings. The minimum atomic E-state index is -0.0378. The number of rotatable bonds is 5. The van der Waals surface area contributed by atoms with Crippen LogP contribution in [-0.4, -0.2) is 70.9 Å². The molecule has 0 spiro atoms. The summed E-state index contributed by atoms with van der Waals surface area (Å²) in [5.74, 6) is 0.234. The van der Waals surface area contributed by atoms with E-state index in [1.165, 1.54) is 17.5 Å². The van der Waals surface area contributed by atoms with E-state index in [1.54, 1.807) is 25.2 Å². The third-order valence-corrected chi connectivity index (χ3v) is 6.90. The van der Waals surface area contributed by atoms with E-state index >= 15 is 0 Å². The first-order valence-electron chi connectivity index (χ1n) is 10.4. The topological polar surface area (TPSA) is 110 Å². The number of hydrogen-bond donors (Lipinski definition) is 2. The van der Waals surface area contributed by atoms with Gasteiger partial charge in [0.2, 0.25) is 5.95 Å². The fourth-order valence-electron chi connectivity index (χ4n) is 3.49. The van der Waals surface area contributed by atoms with E-state index in [0.717, 1.165) is 28.8 Å². The average molecular weight is 483 g/mol. The lowest BCUT2D eigenvalue weighted by Crippen LogP contribution is -2.47. The van der Waals surface area contributed by atoms with Crippen molar-refractivity contribution in [3.05, 3.63) is 46.2 Å². The Morgan fingerprint density at radius 1 is 1.24 bits per heavy atom. The lowest BCUT2D eigenvalue weighted by Gasteiger charge is -2.32. The van der Waals surface area contributed by atoms with Gasteiger partial charge < -0.3 is 20.4 Å². The molecule has 4 rings (SSSR count). The summed E-state index contributed by atoms with van der Waals surface area (Å²) < 4.78 is 0. The van der Waals surface area contributed by atoms with Crippen molar-refractivity contribution < 1.29 is 4.79 Å². The van der Waals surface area contributed by atoms with Crippen molar-refractivity contribution in [2.75, 3.05) is 50.9 Å². The van der Waals surface area contributed by atoms with Gasteiger partial charge in [-0.15, -0.1) is 0 Å². The summed E-state index contributed by atoms with van der Waals surface area (Å²) in [6.07, 6.45) is 1.47. The predicted molar refractivity (Wildman–Crippen MR) is 130 cm³/mol. The molecule has 0 atom stereocenters. The number of carbonyl (C=O) groups excluding carboxylic acids is 1. The lowest BCUT2D eigenvalue weighted by molar-refractivity contribution is 0.0664. The molecule has 2 aromatic heterocycles. The van der Waals surface area contributed by atoms with Crippen molar-refractivity contribution in [3.8, 4) is 16.6 Å². The molecule has 0 saturated carbocycles. The molecule has 170 valence electrons. The van der Waals surface area contributed by atoms with Gasteiger partial charge in [-0.2, -0.15) is 5.26 Å². The minimum Gasteiger partial charge on any atom is -0.365 e. The van der Waals surface area contributed by atoms with Crippen LogP contribution in [0.25, 0.3) is 10.6 Å². The number of carbonyl (C=O) groups is 1. The number of aromatic nitrogens is 3. The summed E-state index contributed by atoms with van der Waals surface area (Å²) in [5, 5.41) is 16.8. The highest BCUT2D eigenvalue weighted by atomic mass is 35.5. The van der Waals surface area contributed by atoms with Crippen LogP contribution in [-0.2, 0) is 0 Å². The summed E-state index contributed by atoms with van der Waals surface area (Å²) in [6.45, 7) is 4.93. The molecule has 0 aliphatic carbocycles. The zero-order valence-electron chi connectivity index (χ0n) is 18.5. The highest BCUT2D eigenvalue weighted by Gasteiger charge is 2.22. The highest BCUT2D eigenvalue weighted by Crippen LogP contribution is 2.34. The summed E-state index contributed by atoms with van der Waals surface area (Å²) in [4.78, 5) is 31.1. The number of aryl methyl sites for hydroxylation is 1. The SMILES string of the molecule is CNc1nc(C)c(-c2nc(Nc3cc(C(=O)N4CCN(C)CC4)ccc3Cl)ncc2C#N)s1. The van der Waals surface area contributed by atoms with Gasteiger partial charge in [-0.3, -0.25) is 4.79 Å². The molecule has 2 N–H and O–H groups in total. The second-order valence-electron chi connectivity index (χ2n) is 7.67. The number of benzene rings is 1. The summed E-state index contributed by atoms with van der Waals surface area (Å²) in [5.41, 5.74) is 2.66. The standard InChI is InChI=1S/C22H23ClN8OS/c1-13-19(33-22(25-2)27-13)18-15(11-24)12-26-21(29-18)28-17-10-14(4-5-16(17)23)20(32)31-8-6-30(3)7-9-31/h4-5,10,12H,6-9H2,1-3H3,(H,25,27)(H,26,28,29). The van der Waals surface area contributed by atoms with Gasteiger partial charge >= 0.3 is 0 Å². The van der Waals surface area contributed by atoms with Gasteiger partial charge in [0.1, 0.15) is 11.8 Å². The lowest BCUT2D eigenvalue weighted by atomic mass is 10.1. The molecule has 1 aliphatic heterocycles. The first-order chi connectivity index (χ1) is 15.9. The first kappa shape index (κ1) is 22.9. The maximum Gasteiger partial charge on any atom is 0.254 e. The van der Waals surface area contributed by atoms with Crippen LogP contribution in [0.1, 0.15) is 21.6 Å². The summed E-state index contributed by atoms with van der Waals surface area (Å²) in [7, 11) is 3.84.